The molecule has 0 saturated carbocycles. The van der Waals surface area contributed by atoms with Crippen molar-refractivity contribution in [2.45, 2.75) is 18.9 Å². The van der Waals surface area contributed by atoms with Gasteiger partial charge in [0.25, 0.3) is 17.5 Å². The van der Waals surface area contributed by atoms with Crippen LogP contribution in [0.5, 0.6) is 5.75 Å². The molecule has 1 aliphatic rings. The molecule has 0 atom stereocenters. The van der Waals surface area contributed by atoms with Crippen molar-refractivity contribution in [3.63, 3.8) is 0 Å². The average Bonchev–Trinajstić information content (AvgIpc) is 2.92. The maximum Gasteiger partial charge on any atom is 0.270 e. The number of Topliss-reactive ketones (excluding diaryl/α,β-unsaturated/α-hetero) is 1. The van der Waals surface area contributed by atoms with Crippen LogP contribution in [0.15, 0.2) is 78.9 Å². The molecule has 184 valence electrons. The Morgan fingerprint density at radius 2 is 1.58 bits per heavy atom. The van der Waals surface area contributed by atoms with Crippen LogP contribution < -0.4 is 10.1 Å². The quantitative estimate of drug-likeness (QED) is 0.293. The van der Waals surface area contributed by atoms with E-state index in [9.17, 15) is 24.5 Å². The Morgan fingerprint density at radius 3 is 2.31 bits per heavy atom. The molecular weight excluding hydrogens is 462 g/mol. The number of nitrogens with one attached hydrogen (secondary N) is 1. The van der Waals surface area contributed by atoms with Crippen LogP contribution in [0.1, 0.15) is 43.9 Å². The summed E-state index contributed by atoms with van der Waals surface area (Å²) in [5, 5.41) is 13.7. The molecule has 1 N–H and O–H groups in total. The Balaban J connectivity index is 1.33. The van der Waals surface area contributed by atoms with Gasteiger partial charge in [-0.25, -0.2) is 0 Å². The highest BCUT2D eigenvalue weighted by Gasteiger charge is 2.26. The van der Waals surface area contributed by atoms with Gasteiger partial charge in [0.1, 0.15) is 11.9 Å². The summed E-state index contributed by atoms with van der Waals surface area (Å²) >= 11 is 0. The predicted octanol–water partition coefficient (Wildman–Crippen LogP) is 3.89. The molecule has 0 aliphatic carbocycles. The van der Waals surface area contributed by atoms with E-state index in [0.29, 0.717) is 42.8 Å². The number of carbonyl (C=O) groups is 3. The van der Waals surface area contributed by atoms with E-state index in [1.807, 2.05) is 6.07 Å². The first kappa shape index (κ1) is 24.6. The zero-order valence-electron chi connectivity index (χ0n) is 19.5. The number of hydrogen-bond acceptors (Lipinski definition) is 6. The van der Waals surface area contributed by atoms with Gasteiger partial charge in [0.05, 0.1) is 17.0 Å². The van der Waals surface area contributed by atoms with Crippen LogP contribution >= 0.6 is 0 Å². The zero-order valence-corrected chi connectivity index (χ0v) is 19.5. The highest BCUT2D eigenvalue weighted by molar-refractivity contribution is 6.03. The minimum atomic E-state index is -0.526. The van der Waals surface area contributed by atoms with Gasteiger partial charge in [0.15, 0.2) is 5.78 Å². The molecule has 3 aromatic rings. The number of nitrogens with zero attached hydrogens (tertiary/aromatic N) is 2. The lowest BCUT2D eigenvalue weighted by Crippen LogP contribution is -2.42. The van der Waals surface area contributed by atoms with Gasteiger partial charge in [0, 0.05) is 49.2 Å². The van der Waals surface area contributed by atoms with Crippen molar-refractivity contribution in [1.29, 1.82) is 0 Å². The number of para-hydroxylation sites is 1. The van der Waals surface area contributed by atoms with Crippen LogP contribution in [-0.4, -0.2) is 53.2 Å². The number of nitro groups is 1. The number of carbonyl (C=O) groups excluding carboxylic acids is 3. The van der Waals surface area contributed by atoms with Gasteiger partial charge < -0.3 is 15.0 Å². The molecule has 1 saturated heterocycles. The summed E-state index contributed by atoms with van der Waals surface area (Å²) in [6, 6.07) is 21.3. The number of benzene rings is 3. The third-order valence-electron chi connectivity index (χ3n) is 5.96. The molecule has 1 aliphatic heterocycles. The van der Waals surface area contributed by atoms with Crippen molar-refractivity contribution in [2.75, 3.05) is 19.6 Å². The van der Waals surface area contributed by atoms with Gasteiger partial charge in [0.2, 0.25) is 0 Å². The fraction of sp³-hybridized carbons (Fsp3) is 0.222. The first-order valence-electron chi connectivity index (χ1n) is 11.6. The van der Waals surface area contributed by atoms with Gasteiger partial charge >= 0.3 is 0 Å². The summed E-state index contributed by atoms with van der Waals surface area (Å²) < 4.78 is 6.11. The molecule has 1 fully saturated rings. The molecule has 4 rings (SSSR count). The number of nitro benzene ring substituents is 1. The smallest absolute Gasteiger partial charge is 0.270 e. The van der Waals surface area contributed by atoms with E-state index < -0.39 is 10.8 Å². The number of piperidine rings is 1. The molecule has 9 nitrogen and oxygen atoms in total. The lowest BCUT2D eigenvalue weighted by atomic mass is 10.1. The molecule has 3 aromatic carbocycles. The number of likely N-dealkylation sites (tertiary alicyclic amines) is 1. The molecule has 9 heteroatoms. The van der Waals surface area contributed by atoms with Gasteiger partial charge in [-0.05, 0) is 18.2 Å². The molecule has 36 heavy (non-hydrogen) atoms. The first-order valence-corrected chi connectivity index (χ1v) is 11.6. The average molecular weight is 488 g/mol. The molecule has 1 heterocycles. The number of hydrogen-bond donors (Lipinski definition) is 1. The van der Waals surface area contributed by atoms with Crippen LogP contribution in [0.25, 0.3) is 0 Å². The summed E-state index contributed by atoms with van der Waals surface area (Å²) in [5.41, 5.74) is 0.997. The van der Waals surface area contributed by atoms with Crippen molar-refractivity contribution in [2.24, 2.45) is 0 Å². The molecule has 0 spiro atoms. The van der Waals surface area contributed by atoms with E-state index in [4.69, 9.17) is 4.74 Å². The fourth-order valence-electron chi connectivity index (χ4n) is 4.03. The number of ketones is 1. The van der Waals surface area contributed by atoms with Gasteiger partial charge in [-0.3, -0.25) is 24.5 Å². The van der Waals surface area contributed by atoms with Crippen LogP contribution in [0, 0.1) is 10.1 Å². The van der Waals surface area contributed by atoms with Gasteiger partial charge in [-0.2, -0.15) is 0 Å². The minimum absolute atomic E-state index is 0.126. The zero-order chi connectivity index (χ0) is 25.5. The molecule has 0 aromatic heterocycles. The monoisotopic (exact) mass is 487 g/mol. The Bertz CT molecular complexity index is 1270. The molecule has 0 radical (unpaired) electrons. The maximum atomic E-state index is 12.8. The summed E-state index contributed by atoms with van der Waals surface area (Å²) in [5.74, 6) is -0.457. The van der Waals surface area contributed by atoms with Crippen LogP contribution in [0.4, 0.5) is 5.69 Å². The Labute approximate surface area is 207 Å². The maximum absolute atomic E-state index is 12.8. The SMILES string of the molecule is O=C(CNC(=O)c1ccccc1OC1CCN(C(=O)c2cccc([N+](=O)[O-])c2)CC1)c1ccccc1. The van der Waals surface area contributed by atoms with E-state index in [1.165, 1.54) is 18.2 Å². The van der Waals surface area contributed by atoms with Crippen molar-refractivity contribution < 1.29 is 24.0 Å². The standard InChI is InChI=1S/C27H25N3O6/c31-24(19-7-2-1-3-8-19)18-28-26(32)23-11-4-5-12-25(23)36-22-13-15-29(16-14-22)27(33)20-9-6-10-21(17-20)30(34)35/h1-12,17,22H,13-16,18H2,(H,28,32). The van der Waals surface area contributed by atoms with E-state index in [0.717, 1.165) is 0 Å². The van der Waals surface area contributed by atoms with E-state index in [1.54, 1.807) is 59.5 Å². The highest BCUT2D eigenvalue weighted by atomic mass is 16.6. The number of non-ortho nitro benzene ring substituents is 1. The van der Waals surface area contributed by atoms with Crippen molar-refractivity contribution in [3.05, 3.63) is 106 Å². The van der Waals surface area contributed by atoms with Gasteiger partial charge in [-0.15, -0.1) is 0 Å². The second kappa shape index (κ2) is 11.3. The Hall–Kier alpha value is -4.53. The Morgan fingerprint density at radius 1 is 0.917 bits per heavy atom. The molecule has 0 bridgehead atoms. The first-order chi connectivity index (χ1) is 17.4. The van der Waals surface area contributed by atoms with Gasteiger partial charge in [-0.1, -0.05) is 48.5 Å². The molecular formula is C27H25N3O6. The summed E-state index contributed by atoms with van der Waals surface area (Å²) in [6.45, 7) is 0.716. The normalized spacial score (nSPS) is 13.6. The number of amides is 2. The lowest BCUT2D eigenvalue weighted by molar-refractivity contribution is -0.384. The van der Waals surface area contributed by atoms with Crippen molar-refractivity contribution >= 4 is 23.3 Å². The predicted molar refractivity (Wildman–Crippen MR) is 132 cm³/mol. The summed E-state index contributed by atoms with van der Waals surface area (Å²) in [7, 11) is 0. The Kier molecular flexibility index (Phi) is 7.69. The van der Waals surface area contributed by atoms with Crippen molar-refractivity contribution in [1.82, 2.24) is 10.2 Å². The van der Waals surface area contributed by atoms with Crippen LogP contribution in [-0.2, 0) is 0 Å². The van der Waals surface area contributed by atoms with E-state index in [-0.39, 0.29) is 35.6 Å². The topological polar surface area (TPSA) is 119 Å². The largest absolute Gasteiger partial charge is 0.489 e. The third kappa shape index (κ3) is 5.93. The minimum Gasteiger partial charge on any atom is -0.489 e. The van der Waals surface area contributed by atoms with E-state index in [2.05, 4.69) is 5.32 Å². The van der Waals surface area contributed by atoms with Crippen LogP contribution in [0.3, 0.4) is 0 Å². The van der Waals surface area contributed by atoms with Crippen molar-refractivity contribution in [3.8, 4) is 5.75 Å². The summed E-state index contributed by atoms with van der Waals surface area (Å²) in [4.78, 5) is 50.0. The van der Waals surface area contributed by atoms with E-state index >= 15 is 0 Å². The molecule has 2 amide bonds. The fourth-order valence-corrected chi connectivity index (χ4v) is 4.03. The molecule has 0 unspecified atom stereocenters. The lowest BCUT2D eigenvalue weighted by Gasteiger charge is -2.32. The highest BCUT2D eigenvalue weighted by Crippen LogP contribution is 2.24. The number of ether oxygens (including phenoxy) is 1. The second-order valence-corrected chi connectivity index (χ2v) is 8.38. The summed E-state index contributed by atoms with van der Waals surface area (Å²) in [6.07, 6.45) is 0.880. The second-order valence-electron chi connectivity index (χ2n) is 8.38. The number of rotatable bonds is 8. The third-order valence-corrected chi connectivity index (χ3v) is 5.96. The van der Waals surface area contributed by atoms with Crippen LogP contribution in [0.2, 0.25) is 0 Å².